The summed E-state index contributed by atoms with van der Waals surface area (Å²) in [5.74, 6) is 1.19. The van der Waals surface area contributed by atoms with E-state index < -0.39 is 5.92 Å². The van der Waals surface area contributed by atoms with Gasteiger partial charge in [-0.15, -0.1) is 0 Å². The molecule has 3 aromatic rings. The third-order valence-corrected chi connectivity index (χ3v) is 5.52. The molecule has 1 unspecified atom stereocenters. The number of rotatable bonds is 5. The second-order valence-electron chi connectivity index (χ2n) is 7.54. The molecule has 0 saturated carbocycles. The van der Waals surface area contributed by atoms with Crippen molar-refractivity contribution < 1.29 is 19.1 Å². The van der Waals surface area contributed by atoms with Crippen LogP contribution in [0.1, 0.15) is 12.0 Å². The zero-order valence-electron chi connectivity index (χ0n) is 16.8. The lowest BCUT2D eigenvalue weighted by atomic mass is 10.1. The highest BCUT2D eigenvalue weighted by atomic mass is 16.7. The minimum Gasteiger partial charge on any atom is -0.454 e. The third kappa shape index (κ3) is 3.82. The van der Waals surface area contributed by atoms with E-state index in [9.17, 15) is 9.59 Å². The maximum Gasteiger partial charge on any atom is 0.233 e. The summed E-state index contributed by atoms with van der Waals surface area (Å²) in [6.45, 7) is 0.882. The molecule has 1 aromatic heterocycles. The van der Waals surface area contributed by atoms with Crippen LogP contribution in [-0.2, 0) is 16.1 Å². The third-order valence-electron chi connectivity index (χ3n) is 5.52. The molecule has 7 heteroatoms. The number of anilines is 2. The van der Waals surface area contributed by atoms with Gasteiger partial charge >= 0.3 is 0 Å². The van der Waals surface area contributed by atoms with E-state index >= 15 is 0 Å². The topological polar surface area (TPSA) is 72.0 Å². The number of amides is 2. The molecule has 2 aromatic carbocycles. The van der Waals surface area contributed by atoms with Gasteiger partial charge in [0.1, 0.15) is 5.82 Å². The molecule has 0 spiro atoms. The molecule has 31 heavy (non-hydrogen) atoms. The molecule has 1 saturated heterocycles. The quantitative estimate of drug-likeness (QED) is 0.639. The van der Waals surface area contributed by atoms with Crippen LogP contribution in [0.15, 0.2) is 72.9 Å². The summed E-state index contributed by atoms with van der Waals surface area (Å²) in [5, 5.41) is 0. The molecule has 0 N–H and O–H groups in total. The van der Waals surface area contributed by atoms with Gasteiger partial charge in [-0.05, 0) is 29.8 Å². The molecule has 1 fully saturated rings. The van der Waals surface area contributed by atoms with E-state index in [0.29, 0.717) is 36.1 Å². The number of aromatic nitrogens is 1. The number of benzene rings is 2. The van der Waals surface area contributed by atoms with Crippen LogP contribution in [0.4, 0.5) is 11.5 Å². The molecule has 2 aliphatic rings. The fraction of sp³-hybridized carbons (Fsp3) is 0.208. The van der Waals surface area contributed by atoms with Gasteiger partial charge < -0.3 is 14.4 Å². The van der Waals surface area contributed by atoms with Crippen LogP contribution in [0.2, 0.25) is 0 Å². The number of pyridine rings is 1. The van der Waals surface area contributed by atoms with Crippen LogP contribution in [0.3, 0.4) is 0 Å². The predicted molar refractivity (Wildman–Crippen MR) is 115 cm³/mol. The van der Waals surface area contributed by atoms with Crippen LogP contribution in [-0.4, -0.2) is 30.1 Å². The van der Waals surface area contributed by atoms with Crippen molar-refractivity contribution in [3.05, 3.63) is 78.5 Å². The molecule has 0 bridgehead atoms. The minimum atomic E-state index is -0.455. The van der Waals surface area contributed by atoms with Crippen molar-refractivity contribution in [2.24, 2.45) is 5.92 Å². The van der Waals surface area contributed by atoms with Crippen molar-refractivity contribution in [2.75, 3.05) is 23.1 Å². The number of nitrogens with zero attached hydrogens (tertiary/aromatic N) is 3. The van der Waals surface area contributed by atoms with Crippen LogP contribution in [0, 0.1) is 5.92 Å². The molecule has 1 atom stereocenters. The lowest BCUT2D eigenvalue weighted by Crippen LogP contribution is -2.37. The van der Waals surface area contributed by atoms with Gasteiger partial charge in [-0.1, -0.05) is 36.4 Å². The summed E-state index contributed by atoms with van der Waals surface area (Å²) in [6, 6.07) is 20.6. The number of carbonyl (C=O) groups is 2. The maximum absolute atomic E-state index is 13.5. The van der Waals surface area contributed by atoms with Crippen molar-refractivity contribution in [3.8, 4) is 11.5 Å². The van der Waals surface area contributed by atoms with Gasteiger partial charge in [0.15, 0.2) is 11.5 Å². The van der Waals surface area contributed by atoms with E-state index in [-0.39, 0.29) is 25.0 Å². The average molecular weight is 415 g/mol. The Morgan fingerprint density at radius 3 is 2.65 bits per heavy atom. The number of carbonyl (C=O) groups excluding carboxylic acids is 2. The highest BCUT2D eigenvalue weighted by molar-refractivity contribution is 6.04. The van der Waals surface area contributed by atoms with E-state index in [0.717, 1.165) is 5.56 Å². The Bertz CT molecular complexity index is 1100. The summed E-state index contributed by atoms with van der Waals surface area (Å²) in [7, 11) is 0. The molecule has 2 amide bonds. The number of hydrogen-bond donors (Lipinski definition) is 0. The average Bonchev–Trinajstić information content (AvgIpc) is 3.44. The molecular weight excluding hydrogens is 394 g/mol. The normalized spacial score (nSPS) is 17.1. The second-order valence-corrected chi connectivity index (χ2v) is 7.54. The number of fused-ring (bicyclic) bond motifs is 1. The van der Waals surface area contributed by atoms with Crippen molar-refractivity contribution in [1.29, 1.82) is 0 Å². The summed E-state index contributed by atoms with van der Waals surface area (Å²) in [4.78, 5) is 34.0. The Labute approximate surface area is 179 Å². The van der Waals surface area contributed by atoms with Gasteiger partial charge in [0.25, 0.3) is 0 Å². The molecule has 156 valence electrons. The SMILES string of the molecule is O=C1CC(C(=O)N(Cc2ccccc2)c2ccccn2)CN1c1ccc2c(c1)OCO2. The van der Waals surface area contributed by atoms with Gasteiger partial charge in [-0.2, -0.15) is 0 Å². The van der Waals surface area contributed by atoms with Gasteiger partial charge in [-0.3, -0.25) is 14.5 Å². The fourth-order valence-electron chi connectivity index (χ4n) is 3.95. The Balaban J connectivity index is 1.39. The highest BCUT2D eigenvalue weighted by Gasteiger charge is 2.38. The Kier molecular flexibility index (Phi) is 5.00. The first-order valence-electron chi connectivity index (χ1n) is 10.2. The van der Waals surface area contributed by atoms with Gasteiger partial charge in [-0.25, -0.2) is 4.98 Å². The van der Waals surface area contributed by atoms with E-state index in [1.807, 2.05) is 54.6 Å². The molecule has 0 aliphatic carbocycles. The molecule has 0 radical (unpaired) electrons. The zero-order chi connectivity index (χ0) is 21.2. The van der Waals surface area contributed by atoms with Crippen LogP contribution in [0.25, 0.3) is 0 Å². The first-order valence-corrected chi connectivity index (χ1v) is 10.2. The Morgan fingerprint density at radius 1 is 1.03 bits per heavy atom. The van der Waals surface area contributed by atoms with Crippen molar-refractivity contribution in [2.45, 2.75) is 13.0 Å². The summed E-state index contributed by atoms with van der Waals surface area (Å²) < 4.78 is 10.8. The van der Waals surface area contributed by atoms with Crippen molar-refractivity contribution >= 4 is 23.3 Å². The van der Waals surface area contributed by atoms with E-state index in [1.54, 1.807) is 28.1 Å². The molecule has 3 heterocycles. The van der Waals surface area contributed by atoms with Crippen LogP contribution in [0.5, 0.6) is 11.5 Å². The summed E-state index contributed by atoms with van der Waals surface area (Å²) in [5.41, 5.74) is 1.70. The van der Waals surface area contributed by atoms with Gasteiger partial charge in [0.2, 0.25) is 18.6 Å². The summed E-state index contributed by atoms with van der Waals surface area (Å²) in [6.07, 6.45) is 1.82. The van der Waals surface area contributed by atoms with Crippen molar-refractivity contribution in [1.82, 2.24) is 4.98 Å². The van der Waals surface area contributed by atoms with Gasteiger partial charge in [0.05, 0.1) is 12.5 Å². The lowest BCUT2D eigenvalue weighted by molar-refractivity contribution is -0.124. The van der Waals surface area contributed by atoms with E-state index in [1.165, 1.54) is 0 Å². The standard InChI is InChI=1S/C24H21N3O4/c28-23-12-18(15-26(23)19-9-10-20-21(13-19)31-16-30-20)24(29)27(22-8-4-5-11-25-22)14-17-6-2-1-3-7-17/h1-11,13,18H,12,14-16H2. The monoisotopic (exact) mass is 415 g/mol. The molecule has 5 rings (SSSR count). The fourth-order valence-corrected chi connectivity index (χ4v) is 3.95. The minimum absolute atomic E-state index is 0.0853. The Morgan fingerprint density at radius 2 is 1.84 bits per heavy atom. The van der Waals surface area contributed by atoms with E-state index in [4.69, 9.17) is 9.47 Å². The van der Waals surface area contributed by atoms with Crippen molar-refractivity contribution in [3.63, 3.8) is 0 Å². The smallest absolute Gasteiger partial charge is 0.233 e. The number of hydrogen-bond acceptors (Lipinski definition) is 5. The second kappa shape index (κ2) is 8.10. The van der Waals surface area contributed by atoms with Gasteiger partial charge in [0, 0.05) is 30.9 Å². The van der Waals surface area contributed by atoms with Crippen LogP contribution < -0.4 is 19.3 Å². The molecule has 2 aliphatic heterocycles. The largest absolute Gasteiger partial charge is 0.454 e. The molecule has 7 nitrogen and oxygen atoms in total. The maximum atomic E-state index is 13.5. The Hall–Kier alpha value is -3.87. The highest BCUT2D eigenvalue weighted by Crippen LogP contribution is 2.37. The summed E-state index contributed by atoms with van der Waals surface area (Å²) >= 11 is 0. The molecular formula is C24H21N3O4. The zero-order valence-corrected chi connectivity index (χ0v) is 16.8. The first-order chi connectivity index (χ1) is 15.2. The predicted octanol–water partition coefficient (Wildman–Crippen LogP) is 3.40. The lowest BCUT2D eigenvalue weighted by Gasteiger charge is -2.25. The van der Waals surface area contributed by atoms with E-state index in [2.05, 4.69) is 4.98 Å². The number of ether oxygens (including phenoxy) is 2. The first kappa shape index (κ1) is 19.1. The van der Waals surface area contributed by atoms with Crippen LogP contribution >= 0.6 is 0 Å².